The van der Waals surface area contributed by atoms with Crippen LogP contribution in [-0.2, 0) is 22.6 Å². The third-order valence-corrected chi connectivity index (χ3v) is 9.22. The minimum Gasteiger partial charge on any atom is -0.489 e. The normalized spacial score (nSPS) is 17.8. The predicted octanol–water partition coefficient (Wildman–Crippen LogP) is 5.82. The lowest BCUT2D eigenvalue weighted by Crippen LogP contribution is -2.55. The van der Waals surface area contributed by atoms with E-state index in [-0.39, 0.29) is 17.9 Å². The fourth-order valence-corrected chi connectivity index (χ4v) is 6.66. The minimum absolute atomic E-state index is 0.0454. The molecule has 2 aromatic carbocycles. The van der Waals surface area contributed by atoms with Gasteiger partial charge in [-0.05, 0) is 87.3 Å². The fraction of sp³-hybridized carbons (Fsp3) is 0.622. The number of rotatable bonds is 16. The maximum Gasteiger partial charge on any atom is 0.242 e. The third kappa shape index (κ3) is 11.6. The summed E-state index contributed by atoms with van der Waals surface area (Å²) in [7, 11) is 2.09. The van der Waals surface area contributed by atoms with Gasteiger partial charge in [0.15, 0.2) is 0 Å². The standard InChI is InChI=1S/C37H56N4O3/c1-29(2)25-35(40(3)27-31-13-7-4-8-14-31)37(43)39-34(36(42)38-21-24-41-22-11-6-12-23-41)26-30-17-19-33(20-18-30)44-28-32-15-9-5-10-16-32/h5,9-10,15-20,29,31,34-35H,4,6-8,11-14,21-28H2,1-3H3,(H,38,42)(H,39,43)/t34-,35+/m0/s1. The van der Waals surface area contributed by atoms with Crippen molar-refractivity contribution in [3.63, 3.8) is 0 Å². The average Bonchev–Trinajstić information content (AvgIpc) is 3.04. The minimum atomic E-state index is -0.641. The van der Waals surface area contributed by atoms with E-state index in [1.54, 1.807) is 0 Å². The lowest BCUT2D eigenvalue weighted by molar-refractivity contribution is -0.132. The zero-order valence-electron chi connectivity index (χ0n) is 27.4. The number of nitrogens with zero attached hydrogens (tertiary/aromatic N) is 2. The van der Waals surface area contributed by atoms with Gasteiger partial charge in [-0.1, -0.05) is 82.0 Å². The third-order valence-electron chi connectivity index (χ3n) is 9.22. The summed E-state index contributed by atoms with van der Waals surface area (Å²) in [5, 5.41) is 6.35. The Morgan fingerprint density at radius 2 is 1.57 bits per heavy atom. The van der Waals surface area contributed by atoms with Crippen molar-refractivity contribution in [2.75, 3.05) is 39.8 Å². The second-order valence-corrected chi connectivity index (χ2v) is 13.5. The first kappa shape index (κ1) is 34.0. The Morgan fingerprint density at radius 1 is 0.886 bits per heavy atom. The van der Waals surface area contributed by atoms with Crippen molar-refractivity contribution >= 4 is 11.8 Å². The largest absolute Gasteiger partial charge is 0.489 e. The van der Waals surface area contributed by atoms with E-state index >= 15 is 0 Å². The summed E-state index contributed by atoms with van der Waals surface area (Å²) in [4.78, 5) is 32.2. The lowest BCUT2D eigenvalue weighted by atomic mass is 9.88. The predicted molar refractivity (Wildman–Crippen MR) is 179 cm³/mol. The number of carbonyl (C=O) groups excluding carboxylic acids is 2. The molecule has 7 nitrogen and oxygen atoms in total. The highest BCUT2D eigenvalue weighted by Crippen LogP contribution is 2.25. The highest BCUT2D eigenvalue weighted by Gasteiger charge is 2.30. The van der Waals surface area contributed by atoms with Crippen LogP contribution in [0.1, 0.15) is 82.8 Å². The van der Waals surface area contributed by atoms with Crippen molar-refractivity contribution in [3.05, 3.63) is 65.7 Å². The monoisotopic (exact) mass is 604 g/mol. The molecule has 1 heterocycles. The van der Waals surface area contributed by atoms with Crippen molar-refractivity contribution in [1.82, 2.24) is 20.4 Å². The van der Waals surface area contributed by atoms with Gasteiger partial charge in [0.25, 0.3) is 0 Å². The number of benzene rings is 2. The molecule has 4 rings (SSSR count). The van der Waals surface area contributed by atoms with Crippen molar-refractivity contribution in [1.29, 1.82) is 0 Å². The molecule has 2 aromatic rings. The molecule has 1 aliphatic carbocycles. The molecule has 2 fully saturated rings. The fourth-order valence-electron chi connectivity index (χ4n) is 6.66. The Bertz CT molecular complexity index is 1110. The highest BCUT2D eigenvalue weighted by molar-refractivity contribution is 5.90. The van der Waals surface area contributed by atoms with Gasteiger partial charge in [0.2, 0.25) is 11.8 Å². The SMILES string of the molecule is CC(C)C[C@H](C(=O)N[C@@H](Cc1ccc(OCc2ccccc2)cc1)C(=O)NCCN1CCCCC1)N(C)CC1CCCCC1. The molecule has 1 saturated heterocycles. The first-order valence-electron chi connectivity index (χ1n) is 17.1. The summed E-state index contributed by atoms with van der Waals surface area (Å²) in [5.41, 5.74) is 2.11. The molecular weight excluding hydrogens is 548 g/mol. The molecule has 44 heavy (non-hydrogen) atoms. The maximum atomic E-state index is 13.9. The number of likely N-dealkylation sites (N-methyl/N-ethyl adjacent to an activating group) is 1. The van der Waals surface area contributed by atoms with Crippen LogP contribution in [0.4, 0.5) is 0 Å². The van der Waals surface area contributed by atoms with E-state index in [1.807, 2.05) is 54.6 Å². The van der Waals surface area contributed by atoms with E-state index in [1.165, 1.54) is 51.4 Å². The van der Waals surface area contributed by atoms with E-state index in [9.17, 15) is 9.59 Å². The Balaban J connectivity index is 1.40. The molecule has 242 valence electrons. The smallest absolute Gasteiger partial charge is 0.242 e. The molecule has 1 aliphatic heterocycles. The van der Waals surface area contributed by atoms with Gasteiger partial charge < -0.3 is 20.3 Å². The summed E-state index contributed by atoms with van der Waals surface area (Å²) < 4.78 is 5.97. The van der Waals surface area contributed by atoms with Crippen LogP contribution in [0.15, 0.2) is 54.6 Å². The molecule has 2 amide bonds. The molecule has 2 N–H and O–H groups in total. The number of hydrogen-bond acceptors (Lipinski definition) is 5. The van der Waals surface area contributed by atoms with Crippen molar-refractivity contribution in [2.24, 2.45) is 11.8 Å². The van der Waals surface area contributed by atoms with Gasteiger partial charge in [-0.15, -0.1) is 0 Å². The zero-order chi connectivity index (χ0) is 31.1. The van der Waals surface area contributed by atoms with Gasteiger partial charge in [-0.25, -0.2) is 0 Å². The number of carbonyl (C=O) groups is 2. The molecule has 0 spiro atoms. The van der Waals surface area contributed by atoms with Crippen LogP contribution in [0.2, 0.25) is 0 Å². The summed E-state index contributed by atoms with van der Waals surface area (Å²) in [5.74, 6) is 1.65. The molecule has 7 heteroatoms. The lowest BCUT2D eigenvalue weighted by Gasteiger charge is -2.34. The van der Waals surface area contributed by atoms with Crippen LogP contribution in [-0.4, -0.2) is 73.5 Å². The van der Waals surface area contributed by atoms with Crippen LogP contribution >= 0.6 is 0 Å². The first-order chi connectivity index (χ1) is 21.4. The Hall–Kier alpha value is -2.90. The Morgan fingerprint density at radius 3 is 2.25 bits per heavy atom. The van der Waals surface area contributed by atoms with E-state index in [0.717, 1.165) is 49.5 Å². The second kappa shape index (κ2) is 18.2. The average molecular weight is 605 g/mol. The first-order valence-corrected chi connectivity index (χ1v) is 17.1. The number of piperidine rings is 1. The number of likely N-dealkylation sites (tertiary alicyclic amines) is 1. The molecule has 0 bridgehead atoms. The Labute approximate surface area is 266 Å². The molecule has 0 unspecified atom stereocenters. The van der Waals surface area contributed by atoms with Gasteiger partial charge in [0.05, 0.1) is 6.04 Å². The van der Waals surface area contributed by atoms with Gasteiger partial charge in [0.1, 0.15) is 18.4 Å². The van der Waals surface area contributed by atoms with E-state index in [0.29, 0.717) is 31.4 Å². The molecular formula is C37H56N4O3. The van der Waals surface area contributed by atoms with Crippen molar-refractivity contribution in [3.8, 4) is 5.75 Å². The molecule has 0 aromatic heterocycles. The zero-order valence-corrected chi connectivity index (χ0v) is 27.4. The number of amides is 2. The summed E-state index contributed by atoms with van der Waals surface area (Å²) in [6.45, 7) is 9.40. The molecule has 2 aliphatic rings. The van der Waals surface area contributed by atoms with Crippen LogP contribution < -0.4 is 15.4 Å². The molecule has 2 atom stereocenters. The van der Waals surface area contributed by atoms with E-state index in [2.05, 4.69) is 41.3 Å². The summed E-state index contributed by atoms with van der Waals surface area (Å²) in [6, 6.07) is 17.1. The second-order valence-electron chi connectivity index (χ2n) is 13.5. The summed E-state index contributed by atoms with van der Waals surface area (Å²) >= 11 is 0. The van der Waals surface area contributed by atoms with Crippen LogP contribution in [0.3, 0.4) is 0 Å². The number of nitrogens with one attached hydrogen (secondary N) is 2. The van der Waals surface area contributed by atoms with Gasteiger partial charge in [-0.3, -0.25) is 14.5 Å². The number of ether oxygens (including phenoxy) is 1. The number of hydrogen-bond donors (Lipinski definition) is 2. The van der Waals surface area contributed by atoms with Gasteiger partial charge in [0, 0.05) is 26.1 Å². The molecule has 1 saturated carbocycles. The maximum absolute atomic E-state index is 13.9. The quantitative estimate of drug-likeness (QED) is 0.253. The van der Waals surface area contributed by atoms with Gasteiger partial charge >= 0.3 is 0 Å². The summed E-state index contributed by atoms with van der Waals surface area (Å²) in [6.07, 6.45) is 11.3. The van der Waals surface area contributed by atoms with Crippen LogP contribution in [0.5, 0.6) is 5.75 Å². The van der Waals surface area contributed by atoms with Crippen molar-refractivity contribution in [2.45, 2.75) is 96.7 Å². The van der Waals surface area contributed by atoms with E-state index < -0.39 is 6.04 Å². The molecule has 0 radical (unpaired) electrons. The Kier molecular flexibility index (Phi) is 14.0. The van der Waals surface area contributed by atoms with Crippen molar-refractivity contribution < 1.29 is 14.3 Å². The van der Waals surface area contributed by atoms with Crippen LogP contribution in [0.25, 0.3) is 0 Å². The van der Waals surface area contributed by atoms with Crippen LogP contribution in [0, 0.1) is 11.8 Å². The topological polar surface area (TPSA) is 73.9 Å². The van der Waals surface area contributed by atoms with E-state index in [4.69, 9.17) is 4.74 Å². The van der Waals surface area contributed by atoms with Gasteiger partial charge in [-0.2, -0.15) is 0 Å². The highest BCUT2D eigenvalue weighted by atomic mass is 16.5.